The van der Waals surface area contributed by atoms with Crippen LogP contribution in [0.1, 0.15) is 114 Å². The first-order chi connectivity index (χ1) is 16.8. The van der Waals surface area contributed by atoms with E-state index in [1.165, 1.54) is 11.1 Å². The predicted octanol–water partition coefficient (Wildman–Crippen LogP) is 7.67. The minimum atomic E-state index is -0.142. The first kappa shape index (κ1) is 28.0. The second-order valence-electron chi connectivity index (χ2n) is 12.3. The molecule has 1 saturated carbocycles. The first-order valence-corrected chi connectivity index (χ1v) is 13.6. The largest absolute Gasteiger partial charge is 0.507 e. The van der Waals surface area contributed by atoms with Gasteiger partial charge in [0.15, 0.2) is 0 Å². The van der Waals surface area contributed by atoms with E-state index in [1.807, 2.05) is 12.4 Å². The molecule has 4 nitrogen and oxygen atoms in total. The van der Waals surface area contributed by atoms with Crippen LogP contribution in [0.5, 0.6) is 11.5 Å². The van der Waals surface area contributed by atoms with E-state index in [0.29, 0.717) is 11.5 Å². The lowest BCUT2D eigenvalue weighted by atomic mass is 9.83. The van der Waals surface area contributed by atoms with Crippen molar-refractivity contribution >= 4 is 12.4 Å². The summed E-state index contributed by atoms with van der Waals surface area (Å²) in [6.45, 7) is 17.0. The molecule has 1 aliphatic carbocycles. The van der Waals surface area contributed by atoms with Gasteiger partial charge in [0.05, 0.1) is 12.1 Å². The van der Waals surface area contributed by atoms with Gasteiger partial charge in [0.25, 0.3) is 0 Å². The van der Waals surface area contributed by atoms with Gasteiger partial charge in [-0.15, -0.1) is 0 Å². The minimum absolute atomic E-state index is 0.0661. The Morgan fingerprint density at radius 3 is 1.36 bits per heavy atom. The van der Waals surface area contributed by atoms with Crippen LogP contribution in [-0.2, 0) is 23.7 Å². The molecule has 0 aromatic heterocycles. The third-order valence-corrected chi connectivity index (χ3v) is 7.34. The molecule has 2 atom stereocenters. The van der Waals surface area contributed by atoms with Crippen molar-refractivity contribution in [1.82, 2.24) is 0 Å². The SMILES string of the molecule is CCc1cc(C=NC2CCCCC2N=Cc2cc(CC)cc(C(C)(C)C)c2O)c(O)c(C(C)(C)C)c1. The van der Waals surface area contributed by atoms with Crippen molar-refractivity contribution in [1.29, 1.82) is 0 Å². The van der Waals surface area contributed by atoms with Crippen LogP contribution >= 0.6 is 0 Å². The predicted molar refractivity (Wildman–Crippen MR) is 154 cm³/mol. The van der Waals surface area contributed by atoms with Crippen molar-refractivity contribution in [3.63, 3.8) is 0 Å². The van der Waals surface area contributed by atoms with Gasteiger partial charge in [-0.05, 0) is 59.8 Å². The van der Waals surface area contributed by atoms with E-state index in [2.05, 4.69) is 79.7 Å². The van der Waals surface area contributed by atoms with Gasteiger partial charge in [-0.1, -0.05) is 80.4 Å². The van der Waals surface area contributed by atoms with Crippen molar-refractivity contribution in [3.8, 4) is 11.5 Å². The lowest BCUT2D eigenvalue weighted by molar-refractivity contribution is 0.390. The highest BCUT2D eigenvalue weighted by molar-refractivity contribution is 5.86. The molecule has 0 aliphatic heterocycles. The van der Waals surface area contributed by atoms with Crippen LogP contribution in [0.15, 0.2) is 34.3 Å². The van der Waals surface area contributed by atoms with Gasteiger partial charge in [-0.25, -0.2) is 0 Å². The summed E-state index contributed by atoms with van der Waals surface area (Å²) in [6.07, 6.45) is 9.76. The summed E-state index contributed by atoms with van der Waals surface area (Å²) >= 11 is 0. The van der Waals surface area contributed by atoms with Gasteiger partial charge in [0.2, 0.25) is 0 Å². The second-order valence-corrected chi connectivity index (χ2v) is 12.3. The van der Waals surface area contributed by atoms with Crippen molar-refractivity contribution in [2.24, 2.45) is 9.98 Å². The van der Waals surface area contributed by atoms with Crippen molar-refractivity contribution in [3.05, 3.63) is 57.6 Å². The minimum Gasteiger partial charge on any atom is -0.507 e. The molecule has 0 spiro atoms. The highest BCUT2D eigenvalue weighted by atomic mass is 16.3. The number of phenols is 2. The fourth-order valence-corrected chi connectivity index (χ4v) is 4.98. The highest BCUT2D eigenvalue weighted by Crippen LogP contribution is 2.36. The average Bonchev–Trinajstić information content (AvgIpc) is 2.81. The molecule has 0 amide bonds. The van der Waals surface area contributed by atoms with Crippen LogP contribution in [-0.4, -0.2) is 34.7 Å². The molecule has 1 fully saturated rings. The first-order valence-electron chi connectivity index (χ1n) is 13.6. The normalized spacial score (nSPS) is 19.4. The van der Waals surface area contributed by atoms with Gasteiger partial charge in [0.1, 0.15) is 11.5 Å². The summed E-state index contributed by atoms with van der Waals surface area (Å²) in [4.78, 5) is 9.92. The molecule has 196 valence electrons. The maximum absolute atomic E-state index is 11.0. The molecular formula is C32H46N2O2. The maximum Gasteiger partial charge on any atom is 0.128 e. The van der Waals surface area contributed by atoms with Gasteiger partial charge in [-0.2, -0.15) is 0 Å². The molecule has 0 radical (unpaired) electrons. The topological polar surface area (TPSA) is 65.2 Å². The van der Waals surface area contributed by atoms with E-state index >= 15 is 0 Å². The second kappa shape index (κ2) is 11.2. The Kier molecular flexibility index (Phi) is 8.69. The van der Waals surface area contributed by atoms with E-state index in [4.69, 9.17) is 9.98 Å². The fraction of sp³-hybridized carbons (Fsp3) is 0.562. The molecule has 36 heavy (non-hydrogen) atoms. The molecule has 2 aromatic carbocycles. The van der Waals surface area contributed by atoms with Crippen LogP contribution in [0.4, 0.5) is 0 Å². The zero-order chi connectivity index (χ0) is 26.7. The lowest BCUT2D eigenvalue weighted by Crippen LogP contribution is -2.27. The van der Waals surface area contributed by atoms with E-state index in [0.717, 1.165) is 60.8 Å². The van der Waals surface area contributed by atoms with Gasteiger partial charge >= 0.3 is 0 Å². The average molecular weight is 491 g/mol. The number of rotatable bonds is 6. The van der Waals surface area contributed by atoms with Gasteiger partial charge < -0.3 is 10.2 Å². The molecule has 4 heteroatoms. The standard InChI is InChI=1S/C32H46N2O2/c1-9-21-15-23(29(35)25(17-21)31(3,4)5)19-33-27-13-11-12-14-28(27)34-20-24-16-22(10-2)18-26(30(24)36)32(6,7)8/h15-20,27-28,35-36H,9-14H2,1-8H3. The van der Waals surface area contributed by atoms with Crippen LogP contribution in [0.2, 0.25) is 0 Å². The Hall–Kier alpha value is -2.62. The zero-order valence-electron chi connectivity index (χ0n) is 23.7. The smallest absolute Gasteiger partial charge is 0.128 e. The number of benzene rings is 2. The van der Waals surface area contributed by atoms with E-state index < -0.39 is 0 Å². The van der Waals surface area contributed by atoms with Crippen molar-refractivity contribution in [2.75, 3.05) is 0 Å². The summed E-state index contributed by atoms with van der Waals surface area (Å²) < 4.78 is 0. The highest BCUT2D eigenvalue weighted by Gasteiger charge is 2.25. The number of aromatic hydroxyl groups is 2. The van der Waals surface area contributed by atoms with E-state index in [-0.39, 0.29) is 22.9 Å². The van der Waals surface area contributed by atoms with Gasteiger partial charge in [-0.3, -0.25) is 9.98 Å². The van der Waals surface area contributed by atoms with Crippen molar-refractivity contribution < 1.29 is 10.2 Å². The molecular weight excluding hydrogens is 444 g/mol. The summed E-state index contributed by atoms with van der Waals surface area (Å²) in [5.41, 5.74) is 5.63. The third-order valence-electron chi connectivity index (χ3n) is 7.34. The number of nitrogens with zero attached hydrogens (tertiary/aromatic N) is 2. The molecule has 0 saturated heterocycles. The number of aryl methyl sites for hydroxylation is 2. The Morgan fingerprint density at radius 2 is 1.06 bits per heavy atom. The third kappa shape index (κ3) is 6.57. The molecule has 2 aromatic rings. The monoisotopic (exact) mass is 490 g/mol. The van der Waals surface area contributed by atoms with Crippen molar-refractivity contribution in [2.45, 2.75) is 117 Å². The summed E-state index contributed by atoms with van der Waals surface area (Å²) in [6, 6.07) is 8.47. The molecule has 0 bridgehead atoms. The van der Waals surface area contributed by atoms with E-state index in [9.17, 15) is 10.2 Å². The van der Waals surface area contributed by atoms with E-state index in [1.54, 1.807) is 0 Å². The molecule has 0 heterocycles. The zero-order valence-corrected chi connectivity index (χ0v) is 23.7. The van der Waals surface area contributed by atoms with Crippen LogP contribution < -0.4 is 0 Å². The molecule has 1 aliphatic rings. The van der Waals surface area contributed by atoms with Crippen LogP contribution in [0.3, 0.4) is 0 Å². The Morgan fingerprint density at radius 1 is 0.694 bits per heavy atom. The molecule has 2 N–H and O–H groups in total. The number of aliphatic imine (C=N–C) groups is 2. The maximum atomic E-state index is 11.0. The number of hydrogen-bond donors (Lipinski definition) is 2. The summed E-state index contributed by atoms with van der Waals surface area (Å²) in [7, 11) is 0. The quantitative estimate of drug-likeness (QED) is 0.408. The van der Waals surface area contributed by atoms with Gasteiger partial charge in [0, 0.05) is 34.7 Å². The summed E-state index contributed by atoms with van der Waals surface area (Å²) in [5, 5.41) is 22.0. The van der Waals surface area contributed by atoms with Crippen LogP contribution in [0, 0.1) is 0 Å². The lowest BCUT2D eigenvalue weighted by Gasteiger charge is -2.26. The Bertz CT molecular complexity index is 1030. The Labute approximate surface area is 218 Å². The number of hydrogen-bond acceptors (Lipinski definition) is 4. The Balaban J connectivity index is 1.92. The van der Waals surface area contributed by atoms with Crippen LogP contribution in [0.25, 0.3) is 0 Å². The molecule has 3 rings (SSSR count). The summed E-state index contributed by atoms with van der Waals surface area (Å²) in [5.74, 6) is 0.658. The molecule has 2 unspecified atom stereocenters. The number of phenolic OH excluding ortho intramolecular Hbond substituents is 2. The fourth-order valence-electron chi connectivity index (χ4n) is 4.98.